The van der Waals surface area contributed by atoms with Gasteiger partial charge in [0.15, 0.2) is 0 Å². The van der Waals surface area contributed by atoms with Gasteiger partial charge >= 0.3 is 6.09 Å². The van der Waals surface area contributed by atoms with E-state index in [1.165, 1.54) is 4.90 Å². The molecule has 0 heterocycles. The second kappa shape index (κ2) is 13.4. The fraction of sp³-hybridized carbons (Fsp3) is 0.667. The molecule has 0 spiro atoms. The van der Waals surface area contributed by atoms with Gasteiger partial charge in [0.25, 0.3) is 0 Å². The lowest BCUT2D eigenvalue weighted by Gasteiger charge is -2.33. The van der Waals surface area contributed by atoms with Crippen LogP contribution >= 0.6 is 0 Å². The number of carbonyl (C=O) groups is 3. The van der Waals surface area contributed by atoms with E-state index in [4.69, 9.17) is 4.74 Å². The number of amides is 3. The molecule has 3 amide bonds. The second-order valence-corrected chi connectivity index (χ2v) is 10.2. The third kappa shape index (κ3) is 8.99. The molecule has 0 aliphatic rings. The number of hydrogen-bond acceptors (Lipinski definition) is 4. The van der Waals surface area contributed by atoms with Gasteiger partial charge in [0.05, 0.1) is 0 Å². The SMILES string of the molecule is CCCCCNC(=O)C(c1ccc(C)c(C)c1)N(C)C(=O)C(NC(=O)OC(C)(C)C)C(C)CC. The van der Waals surface area contributed by atoms with Crippen molar-refractivity contribution >= 4 is 17.9 Å². The molecule has 1 aromatic rings. The topological polar surface area (TPSA) is 87.7 Å². The molecule has 0 fully saturated rings. The third-order valence-corrected chi connectivity index (χ3v) is 6.06. The number of nitrogens with zero attached hydrogens (tertiary/aromatic N) is 1. The molecule has 192 valence electrons. The summed E-state index contributed by atoms with van der Waals surface area (Å²) < 4.78 is 5.39. The Kier molecular flexibility index (Phi) is 11.6. The van der Waals surface area contributed by atoms with Crippen molar-refractivity contribution in [3.05, 3.63) is 34.9 Å². The fourth-order valence-corrected chi connectivity index (χ4v) is 3.63. The van der Waals surface area contributed by atoms with Gasteiger partial charge in [-0.15, -0.1) is 0 Å². The Morgan fingerprint density at radius 2 is 1.71 bits per heavy atom. The molecule has 0 saturated carbocycles. The minimum absolute atomic E-state index is 0.143. The molecule has 0 bridgehead atoms. The lowest BCUT2D eigenvalue weighted by atomic mass is 9.95. The van der Waals surface area contributed by atoms with Gasteiger partial charge in [0.2, 0.25) is 11.8 Å². The Morgan fingerprint density at radius 3 is 2.24 bits per heavy atom. The molecule has 0 aromatic heterocycles. The summed E-state index contributed by atoms with van der Waals surface area (Å²) in [6.45, 7) is 15.9. The molecular formula is C27H45N3O4. The standard InChI is InChI=1S/C27H45N3O4/c1-10-12-13-16-28-24(31)23(21-15-14-19(4)20(5)17-21)30(9)25(32)22(18(3)11-2)29-26(33)34-27(6,7)8/h14-15,17-18,22-23H,10-13,16H2,1-9H3,(H,28,31)(H,29,33). The van der Waals surface area contributed by atoms with Crippen molar-refractivity contribution in [3.63, 3.8) is 0 Å². The quantitative estimate of drug-likeness (QED) is 0.439. The molecule has 2 N–H and O–H groups in total. The first-order valence-electron chi connectivity index (χ1n) is 12.4. The first kappa shape index (κ1) is 29.5. The summed E-state index contributed by atoms with van der Waals surface area (Å²) in [6, 6.07) is 4.19. The van der Waals surface area contributed by atoms with Crippen molar-refractivity contribution in [2.45, 2.75) is 98.8 Å². The van der Waals surface area contributed by atoms with E-state index in [2.05, 4.69) is 17.6 Å². The number of unbranched alkanes of at least 4 members (excludes halogenated alkanes) is 2. The molecule has 0 saturated heterocycles. The first-order chi connectivity index (χ1) is 15.8. The predicted octanol–water partition coefficient (Wildman–Crippen LogP) is 5.05. The number of aryl methyl sites for hydroxylation is 2. The van der Waals surface area contributed by atoms with E-state index in [0.717, 1.165) is 36.0 Å². The number of rotatable bonds is 11. The Labute approximate surface area is 206 Å². The maximum atomic E-state index is 13.7. The summed E-state index contributed by atoms with van der Waals surface area (Å²) >= 11 is 0. The highest BCUT2D eigenvalue weighted by molar-refractivity contribution is 5.92. The highest BCUT2D eigenvalue weighted by Crippen LogP contribution is 2.25. The van der Waals surface area contributed by atoms with Crippen LogP contribution in [0.5, 0.6) is 0 Å². The zero-order chi connectivity index (χ0) is 26.1. The van der Waals surface area contributed by atoms with Gasteiger partial charge in [0.1, 0.15) is 17.7 Å². The maximum absolute atomic E-state index is 13.7. The van der Waals surface area contributed by atoms with Crippen LogP contribution in [-0.2, 0) is 14.3 Å². The lowest BCUT2D eigenvalue weighted by Crippen LogP contribution is -2.54. The maximum Gasteiger partial charge on any atom is 0.408 e. The first-order valence-corrected chi connectivity index (χ1v) is 12.4. The van der Waals surface area contributed by atoms with Gasteiger partial charge < -0.3 is 20.3 Å². The number of likely N-dealkylation sites (N-methyl/N-ethyl adjacent to an activating group) is 1. The monoisotopic (exact) mass is 475 g/mol. The van der Waals surface area contributed by atoms with Crippen LogP contribution in [0.1, 0.15) is 90.0 Å². The number of alkyl carbamates (subject to hydrolysis) is 1. The Hall–Kier alpha value is -2.57. The van der Waals surface area contributed by atoms with Gasteiger partial charge in [-0.1, -0.05) is 58.2 Å². The lowest BCUT2D eigenvalue weighted by molar-refractivity contribution is -0.141. The van der Waals surface area contributed by atoms with E-state index < -0.39 is 23.8 Å². The number of nitrogens with one attached hydrogen (secondary N) is 2. The summed E-state index contributed by atoms with van der Waals surface area (Å²) in [5.41, 5.74) is 2.22. The molecule has 1 rings (SSSR count). The molecule has 1 aromatic carbocycles. The number of ether oxygens (including phenoxy) is 1. The predicted molar refractivity (Wildman–Crippen MR) is 137 cm³/mol. The van der Waals surface area contributed by atoms with Crippen molar-refractivity contribution in [2.75, 3.05) is 13.6 Å². The molecule has 0 aliphatic carbocycles. The fourth-order valence-electron chi connectivity index (χ4n) is 3.63. The van der Waals surface area contributed by atoms with Crippen molar-refractivity contribution in [2.24, 2.45) is 5.92 Å². The highest BCUT2D eigenvalue weighted by atomic mass is 16.6. The highest BCUT2D eigenvalue weighted by Gasteiger charge is 2.36. The molecule has 7 nitrogen and oxygen atoms in total. The van der Waals surface area contributed by atoms with E-state index in [0.29, 0.717) is 13.0 Å². The molecule has 3 unspecified atom stereocenters. The number of hydrogen-bond donors (Lipinski definition) is 2. The van der Waals surface area contributed by atoms with Crippen LogP contribution < -0.4 is 10.6 Å². The summed E-state index contributed by atoms with van der Waals surface area (Å²) in [5, 5.41) is 5.74. The largest absolute Gasteiger partial charge is 0.444 e. The molecule has 34 heavy (non-hydrogen) atoms. The van der Waals surface area contributed by atoms with E-state index in [1.807, 2.05) is 45.9 Å². The summed E-state index contributed by atoms with van der Waals surface area (Å²) in [6.07, 6.45) is 3.00. The van der Waals surface area contributed by atoms with Crippen molar-refractivity contribution < 1.29 is 19.1 Å². The summed E-state index contributed by atoms with van der Waals surface area (Å²) in [4.78, 5) is 40.9. The van der Waals surface area contributed by atoms with Gasteiger partial charge in [-0.25, -0.2) is 4.79 Å². The molecule has 3 atom stereocenters. The van der Waals surface area contributed by atoms with Crippen molar-refractivity contribution in [3.8, 4) is 0 Å². The van der Waals surface area contributed by atoms with Crippen LogP contribution in [0.15, 0.2) is 18.2 Å². The minimum atomic E-state index is -0.813. The Morgan fingerprint density at radius 1 is 1.06 bits per heavy atom. The Balaban J connectivity index is 3.25. The molecule has 7 heteroatoms. The average Bonchev–Trinajstić information content (AvgIpc) is 2.75. The molecule has 0 radical (unpaired) electrons. The van der Waals surface area contributed by atoms with Crippen molar-refractivity contribution in [1.82, 2.24) is 15.5 Å². The van der Waals surface area contributed by atoms with Crippen LogP contribution in [0.2, 0.25) is 0 Å². The van der Waals surface area contributed by atoms with Crippen LogP contribution in [-0.4, -0.2) is 48.0 Å². The van der Waals surface area contributed by atoms with E-state index in [1.54, 1.807) is 27.8 Å². The molecular weight excluding hydrogens is 430 g/mol. The summed E-state index contributed by atoms with van der Waals surface area (Å²) in [7, 11) is 1.62. The third-order valence-electron chi connectivity index (χ3n) is 6.06. The minimum Gasteiger partial charge on any atom is -0.444 e. The molecule has 0 aliphatic heterocycles. The smallest absolute Gasteiger partial charge is 0.408 e. The number of benzene rings is 1. The average molecular weight is 476 g/mol. The van der Waals surface area contributed by atoms with E-state index in [9.17, 15) is 14.4 Å². The van der Waals surface area contributed by atoms with Crippen LogP contribution in [0.4, 0.5) is 4.79 Å². The van der Waals surface area contributed by atoms with E-state index in [-0.39, 0.29) is 17.7 Å². The summed E-state index contributed by atoms with van der Waals surface area (Å²) in [5.74, 6) is -0.696. The zero-order valence-electron chi connectivity index (χ0n) is 22.6. The van der Waals surface area contributed by atoms with Gasteiger partial charge in [-0.2, -0.15) is 0 Å². The van der Waals surface area contributed by atoms with Gasteiger partial charge in [0, 0.05) is 13.6 Å². The van der Waals surface area contributed by atoms with Crippen LogP contribution in [0, 0.1) is 19.8 Å². The van der Waals surface area contributed by atoms with Gasteiger partial charge in [-0.05, 0) is 63.6 Å². The van der Waals surface area contributed by atoms with Crippen LogP contribution in [0.3, 0.4) is 0 Å². The van der Waals surface area contributed by atoms with E-state index >= 15 is 0 Å². The second-order valence-electron chi connectivity index (χ2n) is 10.2. The van der Waals surface area contributed by atoms with Gasteiger partial charge in [-0.3, -0.25) is 9.59 Å². The normalized spacial score (nSPS) is 14.0. The Bertz CT molecular complexity index is 832. The van der Waals surface area contributed by atoms with Crippen molar-refractivity contribution in [1.29, 1.82) is 0 Å². The van der Waals surface area contributed by atoms with Crippen LogP contribution in [0.25, 0.3) is 0 Å². The zero-order valence-corrected chi connectivity index (χ0v) is 22.6. The number of carbonyl (C=O) groups excluding carboxylic acids is 3.